The Bertz CT molecular complexity index is 2750. The molecular weight excluding hydrogens is 1020 g/mol. The average Bonchev–Trinajstić information content (AvgIpc) is 3.79. The summed E-state index contributed by atoms with van der Waals surface area (Å²) in [5, 5.41) is -0.344. The van der Waals surface area contributed by atoms with Gasteiger partial charge in [-0.05, 0) is 88.5 Å². The fraction of sp³-hybridized carbons (Fsp3) is 0.379. The van der Waals surface area contributed by atoms with Gasteiger partial charge in [0.25, 0.3) is 0 Å². The molecule has 2 heterocycles. The van der Waals surface area contributed by atoms with E-state index in [2.05, 4.69) is 0 Å². The maximum Gasteiger partial charge on any atom is 0.218 e. The Kier molecular flexibility index (Phi) is 20.8. The fourth-order valence-electron chi connectivity index (χ4n) is 8.98. The second kappa shape index (κ2) is 28.1. The summed E-state index contributed by atoms with van der Waals surface area (Å²) in [6, 6.07) is 46.9. The summed E-state index contributed by atoms with van der Waals surface area (Å²) < 4.78 is 119. The van der Waals surface area contributed by atoms with Crippen LogP contribution in [0.3, 0.4) is 0 Å². The third-order valence-corrected chi connectivity index (χ3v) is 16.4. The van der Waals surface area contributed by atoms with Gasteiger partial charge in [-0.15, -0.1) is 0 Å². The van der Waals surface area contributed by atoms with Crippen molar-refractivity contribution in [3.8, 4) is 28.7 Å². The zero-order valence-electron chi connectivity index (χ0n) is 43.3. The molecule has 9 atom stereocenters. The first-order valence-electron chi connectivity index (χ1n) is 24.8. The number of ether oxygens (including phenoxy) is 12. The summed E-state index contributed by atoms with van der Waals surface area (Å²) in [5.41, 5.74) is 5.00. The average molecular weight is 1080 g/mol. The van der Waals surface area contributed by atoms with Gasteiger partial charge in [0.15, 0.2) is 11.5 Å². The van der Waals surface area contributed by atoms with Crippen molar-refractivity contribution in [2.75, 3.05) is 60.3 Å². The lowest BCUT2D eigenvalue weighted by molar-refractivity contribution is -0.290. The van der Waals surface area contributed by atoms with E-state index in [4.69, 9.17) is 61.0 Å². The third-order valence-electron chi connectivity index (χ3n) is 13.1. The van der Waals surface area contributed by atoms with Crippen molar-refractivity contribution in [1.29, 1.82) is 0 Å². The van der Waals surface area contributed by atoms with E-state index in [0.29, 0.717) is 28.6 Å². The van der Waals surface area contributed by atoms with Gasteiger partial charge in [0, 0.05) is 16.5 Å². The highest BCUT2D eigenvalue weighted by Gasteiger charge is 2.55. The van der Waals surface area contributed by atoms with Crippen LogP contribution in [-0.4, -0.2) is 115 Å². The monoisotopic (exact) mass is 1080 g/mol. The van der Waals surface area contributed by atoms with Crippen molar-refractivity contribution < 1.29 is 74.0 Å². The minimum atomic E-state index is -5.43. The minimum absolute atomic E-state index is 0.000758. The lowest BCUT2D eigenvalue weighted by atomic mass is 10.0. The first kappa shape index (κ1) is 56.5. The summed E-state index contributed by atoms with van der Waals surface area (Å²) in [6.07, 6.45) is -6.83. The van der Waals surface area contributed by atoms with Crippen molar-refractivity contribution in [1.82, 2.24) is 0 Å². The molecule has 8 rings (SSSR count). The Hall–Kier alpha value is -5.74. The quantitative estimate of drug-likeness (QED) is 0.0259. The molecule has 0 saturated carbocycles. The Morgan fingerprint density at radius 3 is 1.45 bits per heavy atom. The van der Waals surface area contributed by atoms with Gasteiger partial charge in [-0.25, -0.2) is 8.42 Å². The molecule has 0 radical (unpaired) electrons. The zero-order chi connectivity index (χ0) is 53.3. The van der Waals surface area contributed by atoms with E-state index >= 15 is 0 Å². The predicted molar refractivity (Wildman–Crippen MR) is 284 cm³/mol. The number of rotatable bonds is 28. The molecule has 2 aliphatic rings. The van der Waals surface area contributed by atoms with Crippen molar-refractivity contribution in [3.63, 3.8) is 0 Å². The van der Waals surface area contributed by atoms with Gasteiger partial charge in [0.1, 0.15) is 76.9 Å². The van der Waals surface area contributed by atoms with E-state index in [9.17, 15) is 13.0 Å². The van der Waals surface area contributed by atoms with Gasteiger partial charge in [-0.2, -0.15) is 0 Å². The van der Waals surface area contributed by atoms with Gasteiger partial charge in [-0.3, -0.25) is 4.18 Å². The second-order valence-electron chi connectivity index (χ2n) is 18.1. The molecule has 406 valence electrons. The fourth-order valence-corrected chi connectivity index (χ4v) is 12.5. The van der Waals surface area contributed by atoms with E-state index in [1.165, 1.54) is 0 Å². The highest BCUT2D eigenvalue weighted by atomic mass is 32.3. The van der Waals surface area contributed by atoms with Crippen LogP contribution in [-0.2, 0) is 91.7 Å². The van der Waals surface area contributed by atoms with Crippen LogP contribution in [0, 0.1) is 0 Å². The van der Waals surface area contributed by atoms with Crippen LogP contribution in [0.25, 0.3) is 0 Å². The number of benzene rings is 6. The van der Waals surface area contributed by atoms with Crippen molar-refractivity contribution in [2.45, 2.75) is 81.2 Å². The molecule has 0 aromatic heterocycles. The Morgan fingerprint density at radius 2 is 0.987 bits per heavy atom. The highest BCUT2D eigenvalue weighted by Crippen LogP contribution is 2.37. The van der Waals surface area contributed by atoms with Crippen LogP contribution >= 0.6 is 0 Å². The summed E-state index contributed by atoms with van der Waals surface area (Å²) >= 11 is 0. The van der Waals surface area contributed by atoms with Gasteiger partial charge >= 0.3 is 0 Å². The van der Waals surface area contributed by atoms with Crippen LogP contribution < -0.4 is 23.7 Å². The SMILES string of the molecule is COc1ccc(COC[C@@H]2[C@@H](OCc3ccc(OC)cc3)[C@H](OCc3ccc(OC)cc3)C[S+]2C[C@@H](OCc2ccc(OC)cc2)[C@@H](OS(=O)(=O)[O-])[C@@H]2OC(c3ccccc3)OC[C@H]2OCc2ccc(OC)cc2)cc1. The molecule has 0 aliphatic carbocycles. The topological polar surface area (TPSA) is 177 Å². The summed E-state index contributed by atoms with van der Waals surface area (Å²) in [4.78, 5) is 0. The van der Waals surface area contributed by atoms with Crippen LogP contribution in [0.2, 0.25) is 0 Å². The molecule has 16 nitrogen and oxygen atoms in total. The summed E-state index contributed by atoms with van der Waals surface area (Å²) in [5.74, 6) is 4.09. The van der Waals surface area contributed by atoms with Crippen LogP contribution in [0.4, 0.5) is 0 Å². The first-order valence-corrected chi connectivity index (χ1v) is 27.8. The lowest BCUT2D eigenvalue weighted by Crippen LogP contribution is -2.56. The molecule has 0 spiro atoms. The van der Waals surface area contributed by atoms with Crippen molar-refractivity contribution in [3.05, 3.63) is 185 Å². The largest absolute Gasteiger partial charge is 0.726 e. The molecule has 2 unspecified atom stereocenters. The van der Waals surface area contributed by atoms with E-state index < -0.39 is 64.2 Å². The van der Waals surface area contributed by atoms with E-state index in [1.54, 1.807) is 35.5 Å². The third kappa shape index (κ3) is 16.2. The van der Waals surface area contributed by atoms with Crippen molar-refractivity contribution in [2.24, 2.45) is 0 Å². The molecule has 2 saturated heterocycles. The number of methoxy groups -OCH3 is 5. The molecule has 2 fully saturated rings. The first-order chi connectivity index (χ1) is 37.0. The van der Waals surface area contributed by atoms with Gasteiger partial charge in [-0.1, -0.05) is 91.0 Å². The van der Waals surface area contributed by atoms with Crippen molar-refractivity contribution >= 4 is 21.3 Å². The standard InChI is InChI=1S/C58H66O16S2/c1-62-46-21-11-40(12-22-46)31-67-37-54-55(71-35-44-19-29-50(66-5)30-20-44)52(69-33-42-15-25-48(64-3)26-16-42)38-75(54)39-53(70-34-43-17-27-49(65-4)28-18-43)57(74-76(59,60)61)56-51(68-32-41-13-23-47(63-2)24-14-41)36-72-58(73-56)45-9-7-6-8-10-45/h6-30,51-58H,31-39H2,1-5H3/t51-,52-,53-,54-,55+,56-,57-,58?,75?/m1/s1. The second-order valence-corrected chi connectivity index (χ2v) is 21.5. The summed E-state index contributed by atoms with van der Waals surface area (Å²) in [7, 11) is 1.84. The number of hydrogen-bond acceptors (Lipinski definition) is 16. The van der Waals surface area contributed by atoms with Gasteiger partial charge in [0.05, 0.1) is 81.8 Å². The molecule has 0 bridgehead atoms. The van der Waals surface area contributed by atoms with E-state index in [1.807, 2.05) is 152 Å². The molecule has 6 aromatic rings. The lowest BCUT2D eigenvalue weighted by Gasteiger charge is -2.42. The van der Waals surface area contributed by atoms with E-state index in [-0.39, 0.29) is 57.3 Å². The van der Waals surface area contributed by atoms with Crippen LogP contribution in [0.1, 0.15) is 39.7 Å². The normalized spacial score (nSPS) is 21.4. The van der Waals surface area contributed by atoms with Gasteiger partial charge in [0.2, 0.25) is 10.4 Å². The molecule has 18 heteroatoms. The minimum Gasteiger partial charge on any atom is -0.726 e. The molecule has 0 amide bonds. The molecule has 2 aliphatic heterocycles. The van der Waals surface area contributed by atoms with Gasteiger partial charge < -0.3 is 61.4 Å². The predicted octanol–water partition coefficient (Wildman–Crippen LogP) is 8.55. The van der Waals surface area contributed by atoms with Crippen LogP contribution in [0.15, 0.2) is 152 Å². The highest BCUT2D eigenvalue weighted by molar-refractivity contribution is 7.97. The maximum atomic E-state index is 13.2. The maximum absolute atomic E-state index is 13.2. The Labute approximate surface area is 448 Å². The summed E-state index contributed by atoms with van der Waals surface area (Å²) in [6.45, 7) is 1.04. The van der Waals surface area contributed by atoms with Crippen LogP contribution in [0.5, 0.6) is 28.7 Å². The Balaban J connectivity index is 1.17. The molecule has 6 aromatic carbocycles. The Morgan fingerprint density at radius 1 is 0.553 bits per heavy atom. The zero-order valence-corrected chi connectivity index (χ0v) is 44.9. The molecule has 0 N–H and O–H groups in total. The molecule has 76 heavy (non-hydrogen) atoms. The molecular formula is C58H66O16S2. The smallest absolute Gasteiger partial charge is 0.218 e. The number of hydrogen-bond donors (Lipinski definition) is 0. The van der Waals surface area contributed by atoms with E-state index in [0.717, 1.165) is 39.3 Å².